The summed E-state index contributed by atoms with van der Waals surface area (Å²) in [5.41, 5.74) is 3.96. The number of carbonyl (C=O) groups excluding carboxylic acids is 1. The van der Waals surface area contributed by atoms with Gasteiger partial charge in [-0.3, -0.25) is 4.79 Å². The number of nitrogens with zero attached hydrogens (tertiary/aromatic N) is 6. The number of hydrogen-bond acceptors (Lipinski definition) is 6. The Morgan fingerprint density at radius 3 is 2.92 bits per heavy atom. The molecule has 0 aliphatic rings. The van der Waals surface area contributed by atoms with E-state index in [1.54, 1.807) is 28.5 Å². The van der Waals surface area contributed by atoms with Gasteiger partial charge >= 0.3 is 5.97 Å². The molecule has 0 aliphatic heterocycles. The van der Waals surface area contributed by atoms with Crippen LogP contribution >= 0.6 is 11.6 Å². The van der Waals surface area contributed by atoms with E-state index in [0.717, 1.165) is 11.1 Å². The van der Waals surface area contributed by atoms with E-state index in [1.807, 2.05) is 18.2 Å². The molecule has 0 N–H and O–H groups in total. The lowest BCUT2D eigenvalue weighted by molar-refractivity contribution is -0.139. The van der Waals surface area contributed by atoms with Crippen LogP contribution in [0.4, 0.5) is 0 Å². The molecule has 4 rings (SSSR count). The van der Waals surface area contributed by atoms with Gasteiger partial charge < -0.3 is 4.74 Å². The highest BCUT2D eigenvalue weighted by Gasteiger charge is 2.19. The first kappa shape index (κ1) is 15.5. The summed E-state index contributed by atoms with van der Waals surface area (Å²) < 4.78 is 7.99. The summed E-state index contributed by atoms with van der Waals surface area (Å²) in [7, 11) is 3.10. The van der Waals surface area contributed by atoms with Crippen LogP contribution in [0.5, 0.6) is 0 Å². The van der Waals surface area contributed by atoms with Gasteiger partial charge in [0, 0.05) is 17.6 Å². The Hall–Kier alpha value is -3.00. The van der Waals surface area contributed by atoms with Crippen molar-refractivity contribution in [1.82, 2.24) is 29.6 Å². The Morgan fingerprint density at radius 2 is 2.16 bits per heavy atom. The Balaban J connectivity index is 1.92. The molecule has 25 heavy (non-hydrogen) atoms. The van der Waals surface area contributed by atoms with Gasteiger partial charge in [-0.2, -0.15) is 14.7 Å². The predicted molar refractivity (Wildman–Crippen MR) is 91.2 cm³/mol. The first-order valence-corrected chi connectivity index (χ1v) is 7.85. The van der Waals surface area contributed by atoms with Gasteiger partial charge in [-0.1, -0.05) is 23.7 Å². The highest BCUT2D eigenvalue weighted by Crippen LogP contribution is 2.27. The quantitative estimate of drug-likeness (QED) is 0.522. The van der Waals surface area contributed by atoms with Gasteiger partial charge in [-0.05, 0) is 17.7 Å². The van der Waals surface area contributed by atoms with Gasteiger partial charge in [-0.25, -0.2) is 4.68 Å². The molecule has 0 saturated carbocycles. The van der Waals surface area contributed by atoms with Gasteiger partial charge in [0.1, 0.15) is 5.69 Å². The molecule has 0 fully saturated rings. The number of aryl methyl sites for hydroxylation is 1. The second kappa shape index (κ2) is 5.82. The lowest BCUT2D eigenvalue weighted by atomic mass is 10.1. The second-order valence-corrected chi connectivity index (χ2v) is 5.94. The molecule has 8 nitrogen and oxygen atoms in total. The average molecular weight is 357 g/mol. The van der Waals surface area contributed by atoms with Crippen molar-refractivity contribution in [3.05, 3.63) is 41.2 Å². The Morgan fingerprint density at radius 1 is 1.32 bits per heavy atom. The molecular weight excluding hydrogens is 344 g/mol. The summed E-state index contributed by atoms with van der Waals surface area (Å²) in [5, 5.41) is 18.0. The second-order valence-electron chi connectivity index (χ2n) is 5.50. The zero-order valence-corrected chi connectivity index (χ0v) is 14.2. The molecule has 0 amide bonds. The van der Waals surface area contributed by atoms with Crippen LogP contribution in [0, 0.1) is 0 Å². The van der Waals surface area contributed by atoms with Crippen LogP contribution in [0.3, 0.4) is 0 Å². The molecular formula is C16H13ClN6O2. The SMILES string of the molecule is COC(=O)Cc1nn(C)c2c1nnc1c(-c3cccc(Cl)c3)cnn12. The standard InChI is InChI=1S/C16H13ClN6O2/c1-22-16-14(12(21-22)7-13(24)25-2)19-20-15-11(8-18-23(15)16)9-4-3-5-10(17)6-9/h3-6,8H,7H2,1-2H3. The van der Waals surface area contributed by atoms with Gasteiger partial charge in [0.2, 0.25) is 0 Å². The van der Waals surface area contributed by atoms with E-state index in [9.17, 15) is 4.79 Å². The molecule has 1 aromatic carbocycles. The molecule has 0 unspecified atom stereocenters. The van der Waals surface area contributed by atoms with Crippen molar-refractivity contribution in [2.24, 2.45) is 7.05 Å². The fourth-order valence-electron chi connectivity index (χ4n) is 2.78. The van der Waals surface area contributed by atoms with Crippen molar-refractivity contribution in [2.45, 2.75) is 6.42 Å². The predicted octanol–water partition coefficient (Wildman–Crippen LogP) is 2.05. The van der Waals surface area contributed by atoms with Crippen molar-refractivity contribution in [2.75, 3.05) is 7.11 Å². The van der Waals surface area contributed by atoms with Crippen LogP contribution in [0.1, 0.15) is 5.69 Å². The zero-order valence-electron chi connectivity index (χ0n) is 13.5. The smallest absolute Gasteiger partial charge is 0.311 e. The van der Waals surface area contributed by atoms with Gasteiger partial charge in [0.25, 0.3) is 0 Å². The molecule has 4 aromatic rings. The maximum atomic E-state index is 11.6. The molecule has 0 atom stereocenters. The first-order chi connectivity index (χ1) is 12.1. The number of hydrogen-bond donors (Lipinski definition) is 0. The number of halogens is 1. The van der Waals surface area contributed by atoms with E-state index >= 15 is 0 Å². The summed E-state index contributed by atoms with van der Waals surface area (Å²) in [4.78, 5) is 11.6. The molecule has 9 heteroatoms. The van der Waals surface area contributed by atoms with E-state index in [4.69, 9.17) is 16.3 Å². The van der Waals surface area contributed by atoms with Crippen molar-refractivity contribution in [3.8, 4) is 11.1 Å². The van der Waals surface area contributed by atoms with Gasteiger partial charge in [0.05, 0.1) is 19.7 Å². The van der Waals surface area contributed by atoms with E-state index in [0.29, 0.717) is 27.5 Å². The number of aromatic nitrogens is 6. The highest BCUT2D eigenvalue weighted by molar-refractivity contribution is 6.30. The van der Waals surface area contributed by atoms with E-state index < -0.39 is 0 Å². The number of ether oxygens (including phenoxy) is 1. The molecule has 0 radical (unpaired) electrons. The van der Waals surface area contributed by atoms with Crippen LogP contribution in [-0.4, -0.2) is 42.7 Å². The summed E-state index contributed by atoms with van der Waals surface area (Å²) in [6.07, 6.45) is 1.73. The molecule has 0 saturated heterocycles. The lowest BCUT2D eigenvalue weighted by Gasteiger charge is -2.01. The minimum absolute atomic E-state index is 0.0243. The van der Waals surface area contributed by atoms with Crippen molar-refractivity contribution >= 4 is 34.4 Å². The normalized spacial score (nSPS) is 11.3. The molecule has 3 heterocycles. The molecule has 126 valence electrons. The van der Waals surface area contributed by atoms with Gasteiger partial charge in [0.15, 0.2) is 16.8 Å². The lowest BCUT2D eigenvalue weighted by Crippen LogP contribution is -2.06. The fraction of sp³-hybridized carbons (Fsp3) is 0.188. The largest absolute Gasteiger partial charge is 0.469 e. The fourth-order valence-corrected chi connectivity index (χ4v) is 2.97. The number of benzene rings is 1. The minimum atomic E-state index is -0.387. The third-order valence-corrected chi connectivity index (χ3v) is 4.16. The first-order valence-electron chi connectivity index (χ1n) is 7.47. The van der Waals surface area contributed by atoms with Crippen molar-refractivity contribution < 1.29 is 9.53 Å². The Labute approximate surface area is 147 Å². The number of esters is 1. The average Bonchev–Trinajstić information content (AvgIpc) is 3.16. The molecule has 3 aromatic heterocycles. The Kier molecular flexibility index (Phi) is 3.61. The Bertz CT molecular complexity index is 1120. The summed E-state index contributed by atoms with van der Waals surface area (Å²) in [6, 6.07) is 7.45. The van der Waals surface area contributed by atoms with Crippen molar-refractivity contribution in [3.63, 3.8) is 0 Å². The van der Waals surface area contributed by atoms with E-state index in [-0.39, 0.29) is 12.4 Å². The maximum absolute atomic E-state index is 11.6. The van der Waals surface area contributed by atoms with Crippen molar-refractivity contribution in [1.29, 1.82) is 0 Å². The summed E-state index contributed by atoms with van der Waals surface area (Å²) in [5.74, 6) is -0.387. The van der Waals surface area contributed by atoms with Gasteiger partial charge in [-0.15, -0.1) is 10.2 Å². The third-order valence-electron chi connectivity index (χ3n) is 3.93. The maximum Gasteiger partial charge on any atom is 0.311 e. The van der Waals surface area contributed by atoms with Crippen LogP contribution in [0.25, 0.3) is 27.9 Å². The van der Waals surface area contributed by atoms with Crippen LogP contribution in [-0.2, 0) is 23.0 Å². The number of carbonyl (C=O) groups is 1. The number of rotatable bonds is 3. The van der Waals surface area contributed by atoms with E-state index in [2.05, 4.69) is 20.4 Å². The highest BCUT2D eigenvalue weighted by atomic mass is 35.5. The summed E-state index contributed by atoms with van der Waals surface area (Å²) in [6.45, 7) is 0. The molecule has 0 bridgehead atoms. The van der Waals surface area contributed by atoms with Crippen LogP contribution in [0.15, 0.2) is 30.5 Å². The third kappa shape index (κ3) is 2.51. The molecule has 0 spiro atoms. The monoisotopic (exact) mass is 356 g/mol. The summed E-state index contributed by atoms with van der Waals surface area (Å²) >= 11 is 6.08. The topological polar surface area (TPSA) is 87.2 Å². The zero-order chi connectivity index (χ0) is 17.6. The number of methoxy groups -OCH3 is 1. The van der Waals surface area contributed by atoms with Crippen LogP contribution < -0.4 is 0 Å². The molecule has 0 aliphatic carbocycles. The minimum Gasteiger partial charge on any atom is -0.469 e. The number of fused-ring (bicyclic) bond motifs is 3. The van der Waals surface area contributed by atoms with E-state index in [1.165, 1.54) is 7.11 Å². The van der Waals surface area contributed by atoms with Crippen LogP contribution in [0.2, 0.25) is 5.02 Å².